The van der Waals surface area contributed by atoms with E-state index < -0.39 is 0 Å². The molecule has 0 saturated heterocycles. The summed E-state index contributed by atoms with van der Waals surface area (Å²) in [5.74, 6) is 1.68. The second-order valence-electron chi connectivity index (χ2n) is 6.32. The number of aryl methyl sites for hydroxylation is 1. The molecule has 0 bridgehead atoms. The zero-order valence-corrected chi connectivity index (χ0v) is 16.0. The Balaban J connectivity index is 1.80. The Kier molecular flexibility index (Phi) is 7.07. The Labute approximate surface area is 155 Å². The molecule has 0 saturated carbocycles. The second kappa shape index (κ2) is 9.28. The number of rotatable bonds is 7. The Morgan fingerprint density at radius 2 is 1.76 bits per heavy atom. The van der Waals surface area contributed by atoms with E-state index in [1.807, 2.05) is 69.3 Å². The van der Waals surface area contributed by atoms with Gasteiger partial charge in [0.15, 0.2) is 5.11 Å². The van der Waals surface area contributed by atoms with Crippen LogP contribution < -0.4 is 20.1 Å². The molecule has 2 aromatic rings. The molecule has 1 atom stereocenters. The summed E-state index contributed by atoms with van der Waals surface area (Å²) in [5.41, 5.74) is 2.11. The third-order valence-electron chi connectivity index (χ3n) is 3.36. The van der Waals surface area contributed by atoms with Gasteiger partial charge in [-0.2, -0.15) is 0 Å². The quantitative estimate of drug-likeness (QED) is 0.712. The number of anilines is 1. The smallest absolute Gasteiger partial charge is 0.171 e. The van der Waals surface area contributed by atoms with Crippen LogP contribution in [0, 0.1) is 6.92 Å². The van der Waals surface area contributed by atoms with Crippen LogP contribution in [-0.2, 0) is 0 Å². The van der Waals surface area contributed by atoms with Gasteiger partial charge in [-0.3, -0.25) is 0 Å². The zero-order valence-electron chi connectivity index (χ0n) is 15.2. The number of benzene rings is 2. The molecule has 0 radical (unpaired) electrons. The van der Waals surface area contributed by atoms with Crippen LogP contribution in [-0.4, -0.2) is 23.9 Å². The number of thiocarbonyl (C=S) groups is 1. The molecule has 2 N–H and O–H groups in total. The highest BCUT2D eigenvalue weighted by Crippen LogP contribution is 2.18. The Morgan fingerprint density at radius 3 is 2.44 bits per heavy atom. The molecule has 0 unspecified atom stereocenters. The largest absolute Gasteiger partial charge is 0.491 e. The number of hydrogen-bond acceptors (Lipinski definition) is 3. The molecular formula is C20H26N2O2S. The van der Waals surface area contributed by atoms with Gasteiger partial charge >= 0.3 is 0 Å². The normalized spacial score (nSPS) is 11.7. The lowest BCUT2D eigenvalue weighted by molar-refractivity contribution is 0.242. The standard InChI is InChI=1S/C20H26N2O2S/c1-14(2)24-19-7-5-6-17(12-19)22-20(25)21-16(4)13-23-18-10-8-15(3)9-11-18/h5-12,14,16H,13H2,1-4H3,(H2,21,22,25)/t16-/m0/s1. The van der Waals surface area contributed by atoms with E-state index in [9.17, 15) is 0 Å². The van der Waals surface area contributed by atoms with Gasteiger partial charge < -0.3 is 20.1 Å². The molecule has 5 heteroatoms. The minimum absolute atomic E-state index is 0.0800. The summed E-state index contributed by atoms with van der Waals surface area (Å²) in [6, 6.07) is 15.8. The SMILES string of the molecule is Cc1ccc(OC[C@H](C)NC(=S)Nc2cccc(OC(C)C)c2)cc1. The molecule has 0 aliphatic rings. The summed E-state index contributed by atoms with van der Waals surface area (Å²) in [5, 5.41) is 6.96. The van der Waals surface area contributed by atoms with Crippen LogP contribution in [0.5, 0.6) is 11.5 Å². The molecule has 2 aromatic carbocycles. The maximum absolute atomic E-state index is 5.77. The minimum Gasteiger partial charge on any atom is -0.491 e. The van der Waals surface area contributed by atoms with E-state index in [4.69, 9.17) is 21.7 Å². The first-order valence-corrected chi connectivity index (χ1v) is 8.87. The lowest BCUT2D eigenvalue weighted by Gasteiger charge is -2.18. The summed E-state index contributed by atoms with van der Waals surface area (Å²) >= 11 is 5.37. The van der Waals surface area contributed by atoms with Gasteiger partial charge in [-0.25, -0.2) is 0 Å². The third kappa shape index (κ3) is 7.01. The number of hydrogen-bond donors (Lipinski definition) is 2. The molecule has 0 spiro atoms. The van der Waals surface area contributed by atoms with Gasteiger partial charge in [0.1, 0.15) is 18.1 Å². The van der Waals surface area contributed by atoms with Crippen molar-refractivity contribution in [2.45, 2.75) is 39.8 Å². The summed E-state index contributed by atoms with van der Waals surface area (Å²) in [7, 11) is 0. The summed E-state index contributed by atoms with van der Waals surface area (Å²) < 4.78 is 11.5. The highest BCUT2D eigenvalue weighted by atomic mass is 32.1. The van der Waals surface area contributed by atoms with Gasteiger partial charge in [0.2, 0.25) is 0 Å². The average molecular weight is 359 g/mol. The molecule has 25 heavy (non-hydrogen) atoms. The number of nitrogens with one attached hydrogen (secondary N) is 2. The van der Waals surface area contributed by atoms with E-state index >= 15 is 0 Å². The van der Waals surface area contributed by atoms with Crippen molar-refractivity contribution in [3.05, 3.63) is 54.1 Å². The second-order valence-corrected chi connectivity index (χ2v) is 6.73. The van der Waals surface area contributed by atoms with E-state index in [0.29, 0.717) is 11.7 Å². The summed E-state index contributed by atoms with van der Waals surface area (Å²) in [4.78, 5) is 0. The van der Waals surface area contributed by atoms with Crippen LogP contribution in [0.2, 0.25) is 0 Å². The molecule has 4 nitrogen and oxygen atoms in total. The fourth-order valence-electron chi connectivity index (χ4n) is 2.21. The number of ether oxygens (including phenoxy) is 2. The van der Waals surface area contributed by atoms with Crippen molar-refractivity contribution in [2.75, 3.05) is 11.9 Å². The molecule has 0 aliphatic carbocycles. The van der Waals surface area contributed by atoms with E-state index in [-0.39, 0.29) is 12.1 Å². The van der Waals surface area contributed by atoms with Crippen LogP contribution in [0.25, 0.3) is 0 Å². The van der Waals surface area contributed by atoms with Gasteiger partial charge in [0.05, 0.1) is 12.1 Å². The molecular weight excluding hydrogens is 332 g/mol. The van der Waals surface area contributed by atoms with E-state index in [1.165, 1.54) is 5.56 Å². The van der Waals surface area contributed by atoms with Crippen molar-refractivity contribution in [1.82, 2.24) is 5.32 Å². The molecule has 134 valence electrons. The van der Waals surface area contributed by atoms with E-state index in [1.54, 1.807) is 0 Å². The lowest BCUT2D eigenvalue weighted by atomic mass is 10.2. The fourth-order valence-corrected chi connectivity index (χ4v) is 2.53. The maximum Gasteiger partial charge on any atom is 0.171 e. The molecule has 0 heterocycles. The van der Waals surface area contributed by atoms with Gasteiger partial charge in [0, 0.05) is 11.8 Å². The first-order chi connectivity index (χ1) is 11.9. The topological polar surface area (TPSA) is 42.5 Å². The first kappa shape index (κ1) is 19.1. The van der Waals surface area contributed by atoms with Crippen molar-refractivity contribution in [3.8, 4) is 11.5 Å². The van der Waals surface area contributed by atoms with Crippen LogP contribution >= 0.6 is 12.2 Å². The van der Waals surface area contributed by atoms with Gasteiger partial charge in [-0.15, -0.1) is 0 Å². The Morgan fingerprint density at radius 1 is 1.04 bits per heavy atom. The predicted octanol–water partition coefficient (Wildman–Crippen LogP) is 4.54. The Hall–Kier alpha value is -2.27. The average Bonchev–Trinajstić information content (AvgIpc) is 2.54. The molecule has 0 fully saturated rings. The van der Waals surface area contributed by atoms with Gasteiger partial charge in [0.25, 0.3) is 0 Å². The van der Waals surface area contributed by atoms with Crippen LogP contribution in [0.3, 0.4) is 0 Å². The molecule has 0 aliphatic heterocycles. The van der Waals surface area contributed by atoms with Gasteiger partial charge in [-0.1, -0.05) is 23.8 Å². The predicted molar refractivity (Wildman–Crippen MR) is 108 cm³/mol. The summed E-state index contributed by atoms with van der Waals surface area (Å²) in [6.07, 6.45) is 0.138. The van der Waals surface area contributed by atoms with Crippen molar-refractivity contribution < 1.29 is 9.47 Å². The van der Waals surface area contributed by atoms with Crippen molar-refractivity contribution in [3.63, 3.8) is 0 Å². The maximum atomic E-state index is 5.77. The molecule has 2 rings (SSSR count). The van der Waals surface area contributed by atoms with Crippen molar-refractivity contribution in [2.24, 2.45) is 0 Å². The Bertz CT molecular complexity index is 686. The zero-order chi connectivity index (χ0) is 18.2. The first-order valence-electron chi connectivity index (χ1n) is 8.46. The highest BCUT2D eigenvalue weighted by molar-refractivity contribution is 7.80. The van der Waals surface area contributed by atoms with Crippen molar-refractivity contribution >= 4 is 23.0 Å². The lowest BCUT2D eigenvalue weighted by Crippen LogP contribution is -2.39. The van der Waals surface area contributed by atoms with Crippen LogP contribution in [0.4, 0.5) is 5.69 Å². The summed E-state index contributed by atoms with van der Waals surface area (Å²) in [6.45, 7) is 8.62. The van der Waals surface area contributed by atoms with Crippen molar-refractivity contribution in [1.29, 1.82) is 0 Å². The fraction of sp³-hybridized carbons (Fsp3) is 0.350. The van der Waals surface area contributed by atoms with Crippen LogP contribution in [0.1, 0.15) is 26.3 Å². The van der Waals surface area contributed by atoms with E-state index in [0.717, 1.165) is 17.2 Å². The molecule has 0 amide bonds. The van der Waals surface area contributed by atoms with E-state index in [2.05, 4.69) is 17.6 Å². The monoisotopic (exact) mass is 358 g/mol. The highest BCUT2D eigenvalue weighted by Gasteiger charge is 2.07. The third-order valence-corrected chi connectivity index (χ3v) is 3.58. The minimum atomic E-state index is 0.0800. The van der Waals surface area contributed by atoms with Gasteiger partial charge in [-0.05, 0) is 64.2 Å². The molecule has 0 aromatic heterocycles. The van der Waals surface area contributed by atoms with Crippen LogP contribution in [0.15, 0.2) is 48.5 Å².